The van der Waals surface area contributed by atoms with E-state index in [1.807, 2.05) is 6.92 Å². The zero-order chi connectivity index (χ0) is 14.7. The van der Waals surface area contributed by atoms with E-state index in [1.54, 1.807) is 29.5 Å². The minimum absolute atomic E-state index is 0.0399. The topological polar surface area (TPSA) is 55.1 Å². The van der Waals surface area contributed by atoms with E-state index in [9.17, 15) is 4.79 Å². The Morgan fingerprint density at radius 2 is 2.15 bits per heavy atom. The molecule has 1 unspecified atom stereocenters. The fourth-order valence-corrected chi connectivity index (χ4v) is 3.21. The first kappa shape index (κ1) is 14.9. The van der Waals surface area contributed by atoms with Gasteiger partial charge in [-0.15, -0.1) is 11.3 Å². The van der Waals surface area contributed by atoms with Crippen LogP contribution in [-0.4, -0.2) is 11.9 Å². The minimum Gasteiger partial charge on any atom is -0.398 e. The molecule has 3 N–H and O–H groups in total. The molecule has 2 aromatic rings. The molecule has 0 saturated carbocycles. The Kier molecular flexibility index (Phi) is 4.68. The number of thiophene rings is 1. The smallest absolute Gasteiger partial charge is 0.253 e. The Balaban J connectivity index is 2.02. The molecular weight excluding hydrogens is 292 g/mol. The number of carbonyl (C=O) groups is 1. The van der Waals surface area contributed by atoms with Crippen LogP contribution < -0.4 is 11.1 Å². The molecule has 1 aromatic carbocycles. The van der Waals surface area contributed by atoms with Crippen molar-refractivity contribution in [1.82, 2.24) is 5.32 Å². The van der Waals surface area contributed by atoms with Gasteiger partial charge in [0.05, 0.1) is 16.3 Å². The van der Waals surface area contributed by atoms with Crippen LogP contribution in [0.15, 0.2) is 30.3 Å². The molecule has 0 radical (unpaired) electrons. The Labute approximate surface area is 127 Å². The Bertz CT molecular complexity index is 624. The van der Waals surface area contributed by atoms with Crippen molar-refractivity contribution in [3.05, 3.63) is 50.7 Å². The van der Waals surface area contributed by atoms with Gasteiger partial charge in [0, 0.05) is 22.2 Å². The fourth-order valence-electron chi connectivity index (χ4n) is 1.97. The van der Waals surface area contributed by atoms with Crippen LogP contribution in [0.2, 0.25) is 5.02 Å². The molecule has 20 heavy (non-hydrogen) atoms. The maximum atomic E-state index is 12.2. The molecule has 106 valence electrons. The summed E-state index contributed by atoms with van der Waals surface area (Å²) in [6.07, 6.45) is 0.810. The van der Waals surface area contributed by atoms with Crippen molar-refractivity contribution in [1.29, 1.82) is 0 Å². The monoisotopic (exact) mass is 308 g/mol. The van der Waals surface area contributed by atoms with E-state index in [2.05, 4.69) is 24.4 Å². The lowest BCUT2D eigenvalue weighted by Crippen LogP contribution is -2.34. The number of rotatable bonds is 4. The minimum atomic E-state index is -0.192. The molecule has 1 atom stereocenters. The first-order valence-electron chi connectivity index (χ1n) is 6.37. The molecule has 0 aliphatic carbocycles. The first-order chi connectivity index (χ1) is 9.47. The van der Waals surface area contributed by atoms with E-state index in [0.29, 0.717) is 16.3 Å². The largest absolute Gasteiger partial charge is 0.398 e. The highest BCUT2D eigenvalue weighted by molar-refractivity contribution is 7.11. The van der Waals surface area contributed by atoms with Gasteiger partial charge in [-0.25, -0.2) is 0 Å². The van der Waals surface area contributed by atoms with Gasteiger partial charge in [-0.1, -0.05) is 17.7 Å². The molecule has 1 aromatic heterocycles. The summed E-state index contributed by atoms with van der Waals surface area (Å²) in [6.45, 7) is 4.05. The highest BCUT2D eigenvalue weighted by Crippen LogP contribution is 2.23. The van der Waals surface area contributed by atoms with Crippen molar-refractivity contribution >= 4 is 34.5 Å². The van der Waals surface area contributed by atoms with Crippen LogP contribution in [0.3, 0.4) is 0 Å². The van der Waals surface area contributed by atoms with E-state index in [4.69, 9.17) is 17.3 Å². The molecule has 0 saturated heterocycles. The number of anilines is 1. The number of nitrogen functional groups attached to an aromatic ring is 1. The van der Waals surface area contributed by atoms with Crippen LogP contribution >= 0.6 is 22.9 Å². The van der Waals surface area contributed by atoms with Crippen LogP contribution in [0, 0.1) is 6.92 Å². The molecule has 5 heteroatoms. The van der Waals surface area contributed by atoms with Crippen molar-refractivity contribution in [2.75, 3.05) is 5.73 Å². The van der Waals surface area contributed by atoms with Gasteiger partial charge in [-0.2, -0.15) is 0 Å². The third kappa shape index (κ3) is 3.52. The number of nitrogens with one attached hydrogen (secondary N) is 1. The first-order valence-corrected chi connectivity index (χ1v) is 7.57. The molecular formula is C15H17ClN2OS. The number of halogens is 1. The van der Waals surface area contributed by atoms with Crippen LogP contribution in [0.5, 0.6) is 0 Å². The lowest BCUT2D eigenvalue weighted by molar-refractivity contribution is 0.0940. The van der Waals surface area contributed by atoms with Crippen molar-refractivity contribution < 1.29 is 4.79 Å². The van der Waals surface area contributed by atoms with Crippen LogP contribution in [0.4, 0.5) is 5.69 Å². The molecule has 2 rings (SSSR count). The van der Waals surface area contributed by atoms with E-state index in [1.165, 1.54) is 9.75 Å². The van der Waals surface area contributed by atoms with E-state index in [0.717, 1.165) is 6.42 Å². The Hall–Kier alpha value is -1.52. The molecule has 0 fully saturated rings. The average molecular weight is 309 g/mol. The number of carbonyl (C=O) groups excluding carboxylic acids is 1. The number of aryl methyl sites for hydroxylation is 1. The van der Waals surface area contributed by atoms with Crippen molar-refractivity contribution in [2.24, 2.45) is 0 Å². The number of hydrogen-bond acceptors (Lipinski definition) is 3. The van der Waals surface area contributed by atoms with Gasteiger partial charge in [0.25, 0.3) is 5.91 Å². The quantitative estimate of drug-likeness (QED) is 0.847. The van der Waals surface area contributed by atoms with Gasteiger partial charge in [0.1, 0.15) is 0 Å². The molecule has 3 nitrogen and oxygen atoms in total. The normalized spacial score (nSPS) is 12.2. The summed E-state index contributed by atoms with van der Waals surface area (Å²) in [7, 11) is 0. The van der Waals surface area contributed by atoms with Gasteiger partial charge in [0.15, 0.2) is 0 Å². The summed E-state index contributed by atoms with van der Waals surface area (Å²) in [5.74, 6) is -0.192. The molecule has 0 bridgehead atoms. The van der Waals surface area contributed by atoms with E-state index in [-0.39, 0.29) is 11.9 Å². The maximum Gasteiger partial charge on any atom is 0.253 e. The average Bonchev–Trinajstić information content (AvgIpc) is 2.77. The highest BCUT2D eigenvalue weighted by Gasteiger charge is 2.15. The Morgan fingerprint density at radius 1 is 1.40 bits per heavy atom. The third-order valence-corrected chi connectivity index (χ3v) is 4.40. The summed E-state index contributed by atoms with van der Waals surface area (Å²) in [5.41, 5.74) is 6.54. The predicted molar refractivity (Wildman–Crippen MR) is 85.6 cm³/mol. The lowest BCUT2D eigenvalue weighted by atomic mass is 10.1. The molecule has 1 amide bonds. The summed E-state index contributed by atoms with van der Waals surface area (Å²) in [5, 5.41) is 3.26. The lowest BCUT2D eigenvalue weighted by Gasteiger charge is -2.14. The standard InChI is InChI=1S/C15H17ClN2OS/c1-9(8-11-7-6-10(2)20-11)18-15(19)12-4-3-5-13(17)14(12)16/h3-7,9H,8,17H2,1-2H3,(H,18,19). The van der Waals surface area contributed by atoms with E-state index >= 15 is 0 Å². The zero-order valence-electron chi connectivity index (χ0n) is 11.4. The SMILES string of the molecule is Cc1ccc(CC(C)NC(=O)c2cccc(N)c2Cl)s1. The van der Waals surface area contributed by atoms with Crippen molar-refractivity contribution in [2.45, 2.75) is 26.3 Å². The molecule has 0 aliphatic rings. The zero-order valence-corrected chi connectivity index (χ0v) is 13.0. The third-order valence-electron chi connectivity index (χ3n) is 2.95. The second-order valence-electron chi connectivity index (χ2n) is 4.80. The van der Waals surface area contributed by atoms with Crippen molar-refractivity contribution in [3.63, 3.8) is 0 Å². The summed E-state index contributed by atoms with van der Waals surface area (Å²) < 4.78 is 0. The highest BCUT2D eigenvalue weighted by atomic mass is 35.5. The van der Waals surface area contributed by atoms with Gasteiger partial charge >= 0.3 is 0 Å². The fraction of sp³-hybridized carbons (Fsp3) is 0.267. The number of amides is 1. The second-order valence-corrected chi connectivity index (χ2v) is 6.55. The van der Waals surface area contributed by atoms with Crippen LogP contribution in [0.1, 0.15) is 27.0 Å². The summed E-state index contributed by atoms with van der Waals surface area (Å²) >= 11 is 7.80. The summed E-state index contributed by atoms with van der Waals surface area (Å²) in [6, 6.07) is 9.30. The van der Waals surface area contributed by atoms with Gasteiger partial charge < -0.3 is 11.1 Å². The van der Waals surface area contributed by atoms with Gasteiger partial charge in [-0.3, -0.25) is 4.79 Å². The number of hydrogen-bond donors (Lipinski definition) is 2. The Morgan fingerprint density at radius 3 is 2.80 bits per heavy atom. The summed E-state index contributed by atoms with van der Waals surface area (Å²) in [4.78, 5) is 14.7. The molecule has 1 heterocycles. The van der Waals surface area contributed by atoms with E-state index < -0.39 is 0 Å². The van der Waals surface area contributed by atoms with Gasteiger partial charge in [-0.05, 0) is 38.1 Å². The molecule has 0 aliphatic heterocycles. The predicted octanol–water partition coefficient (Wildman–Crippen LogP) is 3.65. The van der Waals surface area contributed by atoms with Crippen LogP contribution in [0.25, 0.3) is 0 Å². The van der Waals surface area contributed by atoms with Gasteiger partial charge in [0.2, 0.25) is 0 Å². The molecule has 0 spiro atoms. The maximum absolute atomic E-state index is 12.2. The second kappa shape index (κ2) is 6.29. The van der Waals surface area contributed by atoms with Crippen LogP contribution in [-0.2, 0) is 6.42 Å². The number of benzene rings is 1. The van der Waals surface area contributed by atoms with Crippen molar-refractivity contribution in [3.8, 4) is 0 Å². The number of nitrogens with two attached hydrogens (primary N) is 1.